The third-order valence-electron chi connectivity index (χ3n) is 5.21. The molecular weight excluding hydrogens is 380 g/mol. The van der Waals surface area contributed by atoms with Gasteiger partial charge in [-0.3, -0.25) is 4.79 Å². The molecule has 7 heteroatoms. The number of nitrogens with zero attached hydrogens (tertiary/aromatic N) is 2. The molecule has 1 aromatic carbocycles. The van der Waals surface area contributed by atoms with Gasteiger partial charge in [0.2, 0.25) is 0 Å². The predicted molar refractivity (Wildman–Crippen MR) is 117 cm³/mol. The molecule has 0 bridgehead atoms. The van der Waals surface area contributed by atoms with E-state index in [2.05, 4.69) is 34.0 Å². The largest absolute Gasteiger partial charge is 0.483 e. The van der Waals surface area contributed by atoms with E-state index in [0.29, 0.717) is 19.0 Å². The van der Waals surface area contributed by atoms with E-state index in [9.17, 15) is 4.79 Å². The molecule has 7 nitrogen and oxygen atoms in total. The molecule has 1 amide bonds. The lowest BCUT2D eigenvalue weighted by molar-refractivity contribution is -0.123. The predicted octanol–water partition coefficient (Wildman–Crippen LogP) is 2.86. The molecule has 30 heavy (non-hydrogen) atoms. The Morgan fingerprint density at radius 3 is 3.03 bits per heavy atom. The molecule has 2 heterocycles. The van der Waals surface area contributed by atoms with E-state index in [1.807, 2.05) is 36.7 Å². The van der Waals surface area contributed by atoms with E-state index in [1.54, 1.807) is 0 Å². The maximum atomic E-state index is 12.1. The summed E-state index contributed by atoms with van der Waals surface area (Å²) in [5.74, 6) is 2.19. The van der Waals surface area contributed by atoms with Crippen molar-refractivity contribution in [3.8, 4) is 5.75 Å². The molecule has 1 aliphatic rings. The van der Waals surface area contributed by atoms with Crippen molar-refractivity contribution in [2.45, 2.75) is 58.2 Å². The maximum Gasteiger partial charge on any atom is 0.258 e. The molecule has 164 valence electrons. The zero-order chi connectivity index (χ0) is 21.2. The van der Waals surface area contributed by atoms with E-state index in [1.165, 1.54) is 0 Å². The molecule has 1 aromatic heterocycles. The van der Waals surface area contributed by atoms with Crippen LogP contribution in [0.5, 0.6) is 5.75 Å². The minimum absolute atomic E-state index is 0.0162. The highest BCUT2D eigenvalue weighted by molar-refractivity contribution is 5.77. The Morgan fingerprint density at radius 1 is 1.37 bits per heavy atom. The normalized spacial score (nSPS) is 16.2. The second-order valence-electron chi connectivity index (χ2n) is 8.00. The zero-order valence-electron chi connectivity index (χ0n) is 18.1. The summed E-state index contributed by atoms with van der Waals surface area (Å²) in [6, 6.07) is 7.85. The first-order chi connectivity index (χ1) is 14.6. The van der Waals surface area contributed by atoms with Crippen molar-refractivity contribution in [1.29, 1.82) is 0 Å². The van der Waals surface area contributed by atoms with Crippen LogP contribution in [0.2, 0.25) is 0 Å². The highest BCUT2D eigenvalue weighted by Gasteiger charge is 2.16. The standard InChI is InChI=1S/C23H34N4O3/c1-18(2)23-25-11-13-27(23)12-6-10-24-15-19-7-3-4-9-21(19)30-17-22(28)26-16-20-8-5-14-29-20/h3-4,7,9,11,13,18,20,24H,5-6,8,10,12,14-17H2,1-2H3,(H,26,28). The van der Waals surface area contributed by atoms with Gasteiger partial charge in [-0.05, 0) is 31.9 Å². The van der Waals surface area contributed by atoms with Crippen LogP contribution in [-0.4, -0.2) is 47.9 Å². The lowest BCUT2D eigenvalue weighted by Gasteiger charge is -2.14. The number of rotatable bonds is 12. The number of nitrogens with one attached hydrogen (secondary N) is 2. The van der Waals surface area contributed by atoms with Gasteiger partial charge in [-0.15, -0.1) is 0 Å². The summed E-state index contributed by atoms with van der Waals surface area (Å²) in [6.45, 7) is 8.24. The fourth-order valence-corrected chi connectivity index (χ4v) is 3.63. The van der Waals surface area contributed by atoms with Gasteiger partial charge in [-0.1, -0.05) is 32.0 Å². The first kappa shape index (κ1) is 22.3. The van der Waals surface area contributed by atoms with E-state index in [-0.39, 0.29) is 18.6 Å². The average Bonchev–Trinajstić information content (AvgIpc) is 3.43. The number of hydrogen-bond acceptors (Lipinski definition) is 5. The van der Waals surface area contributed by atoms with Crippen molar-refractivity contribution in [3.63, 3.8) is 0 Å². The van der Waals surface area contributed by atoms with Gasteiger partial charge in [-0.2, -0.15) is 0 Å². The molecule has 0 spiro atoms. The minimum atomic E-state index is -0.116. The SMILES string of the molecule is CC(C)c1nccn1CCCNCc1ccccc1OCC(=O)NCC1CCCO1. The molecule has 1 atom stereocenters. The number of aromatic nitrogens is 2. The lowest BCUT2D eigenvalue weighted by atomic mass is 10.2. The number of para-hydroxylation sites is 1. The average molecular weight is 415 g/mol. The summed E-state index contributed by atoms with van der Waals surface area (Å²) >= 11 is 0. The Kier molecular flexibility index (Phi) is 8.71. The molecule has 0 aliphatic carbocycles. The third-order valence-corrected chi connectivity index (χ3v) is 5.21. The number of ether oxygens (including phenoxy) is 2. The van der Waals surface area contributed by atoms with Gasteiger partial charge in [0.25, 0.3) is 5.91 Å². The van der Waals surface area contributed by atoms with Crippen molar-refractivity contribution in [2.75, 3.05) is 26.3 Å². The van der Waals surface area contributed by atoms with Crippen LogP contribution in [0.15, 0.2) is 36.7 Å². The summed E-state index contributed by atoms with van der Waals surface area (Å²) in [5, 5.41) is 6.36. The Morgan fingerprint density at radius 2 is 2.23 bits per heavy atom. The molecular formula is C23H34N4O3. The number of benzene rings is 1. The highest BCUT2D eigenvalue weighted by Crippen LogP contribution is 2.18. The second kappa shape index (κ2) is 11.7. The van der Waals surface area contributed by atoms with Gasteiger partial charge in [0.05, 0.1) is 6.10 Å². The topological polar surface area (TPSA) is 77.4 Å². The summed E-state index contributed by atoms with van der Waals surface area (Å²) in [6.07, 6.45) is 7.15. The van der Waals surface area contributed by atoms with Crippen LogP contribution >= 0.6 is 0 Å². The van der Waals surface area contributed by atoms with Crippen molar-refractivity contribution in [1.82, 2.24) is 20.2 Å². The molecule has 0 saturated carbocycles. The summed E-state index contributed by atoms with van der Waals surface area (Å²) in [5.41, 5.74) is 1.05. The van der Waals surface area contributed by atoms with Crippen LogP contribution < -0.4 is 15.4 Å². The van der Waals surface area contributed by atoms with Gasteiger partial charge in [0.1, 0.15) is 11.6 Å². The van der Waals surface area contributed by atoms with Gasteiger partial charge < -0.3 is 24.7 Å². The highest BCUT2D eigenvalue weighted by atomic mass is 16.5. The van der Waals surface area contributed by atoms with E-state index in [4.69, 9.17) is 9.47 Å². The van der Waals surface area contributed by atoms with E-state index < -0.39 is 0 Å². The monoisotopic (exact) mass is 414 g/mol. The Labute approximate surface area is 179 Å². The molecule has 3 rings (SSSR count). The minimum Gasteiger partial charge on any atom is -0.483 e. The number of hydrogen-bond donors (Lipinski definition) is 2. The number of carbonyl (C=O) groups is 1. The molecule has 0 radical (unpaired) electrons. The second-order valence-corrected chi connectivity index (χ2v) is 8.00. The van der Waals surface area contributed by atoms with Crippen LogP contribution in [0.1, 0.15) is 50.4 Å². The van der Waals surface area contributed by atoms with Crippen molar-refractivity contribution in [3.05, 3.63) is 48.0 Å². The Balaban J connectivity index is 1.37. The first-order valence-corrected chi connectivity index (χ1v) is 10.9. The third kappa shape index (κ3) is 6.85. The number of aryl methyl sites for hydroxylation is 1. The molecule has 2 N–H and O–H groups in total. The van der Waals surface area contributed by atoms with Gasteiger partial charge in [-0.25, -0.2) is 4.98 Å². The number of carbonyl (C=O) groups excluding carboxylic acids is 1. The number of amides is 1. The fourth-order valence-electron chi connectivity index (χ4n) is 3.63. The molecule has 1 unspecified atom stereocenters. The Hall–Kier alpha value is -2.38. The molecule has 1 fully saturated rings. The van der Waals surface area contributed by atoms with Crippen molar-refractivity contribution < 1.29 is 14.3 Å². The van der Waals surface area contributed by atoms with Crippen LogP contribution in [-0.2, 0) is 22.6 Å². The van der Waals surface area contributed by atoms with Crippen LogP contribution in [0, 0.1) is 0 Å². The number of imidazole rings is 1. The lowest BCUT2D eigenvalue weighted by Crippen LogP contribution is -2.35. The van der Waals surface area contributed by atoms with Crippen molar-refractivity contribution in [2.24, 2.45) is 0 Å². The first-order valence-electron chi connectivity index (χ1n) is 10.9. The van der Waals surface area contributed by atoms with Gasteiger partial charge in [0, 0.05) is 50.1 Å². The smallest absolute Gasteiger partial charge is 0.258 e. The van der Waals surface area contributed by atoms with Gasteiger partial charge >= 0.3 is 0 Å². The molecule has 1 saturated heterocycles. The maximum absolute atomic E-state index is 12.1. The zero-order valence-corrected chi connectivity index (χ0v) is 18.1. The van der Waals surface area contributed by atoms with E-state index >= 15 is 0 Å². The summed E-state index contributed by atoms with van der Waals surface area (Å²) < 4.78 is 13.5. The summed E-state index contributed by atoms with van der Waals surface area (Å²) in [4.78, 5) is 16.5. The Bertz CT molecular complexity index is 784. The van der Waals surface area contributed by atoms with Crippen LogP contribution in [0.25, 0.3) is 0 Å². The fraction of sp³-hybridized carbons (Fsp3) is 0.565. The van der Waals surface area contributed by atoms with Crippen molar-refractivity contribution >= 4 is 5.91 Å². The molecule has 2 aromatic rings. The molecule has 1 aliphatic heterocycles. The summed E-state index contributed by atoms with van der Waals surface area (Å²) in [7, 11) is 0. The van der Waals surface area contributed by atoms with Crippen LogP contribution in [0.3, 0.4) is 0 Å². The quantitative estimate of drug-likeness (QED) is 0.522. The van der Waals surface area contributed by atoms with Gasteiger partial charge in [0.15, 0.2) is 6.61 Å². The van der Waals surface area contributed by atoms with E-state index in [0.717, 1.165) is 56.1 Å². The van der Waals surface area contributed by atoms with Crippen LogP contribution in [0.4, 0.5) is 0 Å².